The van der Waals surface area contributed by atoms with E-state index in [0.717, 1.165) is 0 Å². The molecular formula is C17H12F2N4O. The molecule has 0 saturated heterocycles. The number of hydrogen-bond donors (Lipinski definition) is 2. The fraction of sp³-hybridized carbons (Fsp3) is 0. The summed E-state index contributed by atoms with van der Waals surface area (Å²) in [4.78, 5) is 12.0. The van der Waals surface area contributed by atoms with E-state index in [1.165, 1.54) is 36.4 Å². The number of aromatic nitrogens is 2. The molecule has 1 heterocycles. The van der Waals surface area contributed by atoms with Crippen molar-refractivity contribution >= 4 is 23.2 Å². The molecule has 0 fully saturated rings. The highest BCUT2D eigenvalue weighted by Crippen LogP contribution is 2.16. The minimum absolute atomic E-state index is 0.0822. The molecule has 0 saturated carbocycles. The number of nitrogens with zero attached hydrogens (tertiary/aromatic N) is 2. The van der Waals surface area contributed by atoms with Gasteiger partial charge in [-0.15, -0.1) is 10.2 Å². The summed E-state index contributed by atoms with van der Waals surface area (Å²) < 4.78 is 26.7. The third-order valence-electron chi connectivity index (χ3n) is 3.12. The second kappa shape index (κ2) is 6.82. The van der Waals surface area contributed by atoms with Gasteiger partial charge in [0, 0.05) is 5.69 Å². The summed E-state index contributed by atoms with van der Waals surface area (Å²) in [7, 11) is 0. The smallest absolute Gasteiger partial charge is 0.259 e. The van der Waals surface area contributed by atoms with Crippen molar-refractivity contribution in [1.82, 2.24) is 10.2 Å². The number of anilines is 3. The average molecular weight is 326 g/mol. The van der Waals surface area contributed by atoms with Gasteiger partial charge in [-0.3, -0.25) is 4.79 Å². The topological polar surface area (TPSA) is 66.9 Å². The van der Waals surface area contributed by atoms with E-state index >= 15 is 0 Å². The maximum atomic E-state index is 13.5. The number of carbonyl (C=O) groups excluding carboxylic acids is 1. The molecule has 0 spiro atoms. The molecule has 3 rings (SSSR count). The number of halogens is 2. The van der Waals surface area contributed by atoms with Crippen molar-refractivity contribution in [2.75, 3.05) is 10.6 Å². The Labute approximate surface area is 136 Å². The van der Waals surface area contributed by atoms with Gasteiger partial charge in [0.15, 0.2) is 11.6 Å². The molecule has 0 atom stereocenters. The van der Waals surface area contributed by atoms with E-state index in [1.807, 2.05) is 0 Å². The van der Waals surface area contributed by atoms with E-state index in [4.69, 9.17) is 0 Å². The van der Waals surface area contributed by atoms with E-state index in [0.29, 0.717) is 11.5 Å². The number of amides is 1. The summed E-state index contributed by atoms with van der Waals surface area (Å²) in [6.07, 6.45) is 0. The summed E-state index contributed by atoms with van der Waals surface area (Å²) in [5, 5.41) is 13.1. The molecule has 0 aliphatic carbocycles. The summed E-state index contributed by atoms with van der Waals surface area (Å²) in [6.45, 7) is 0. The molecule has 1 aromatic heterocycles. The van der Waals surface area contributed by atoms with Gasteiger partial charge in [-0.1, -0.05) is 18.2 Å². The Balaban J connectivity index is 1.68. The van der Waals surface area contributed by atoms with E-state index in [-0.39, 0.29) is 17.2 Å². The van der Waals surface area contributed by atoms with Gasteiger partial charge in [0.25, 0.3) is 5.91 Å². The first-order valence-electron chi connectivity index (χ1n) is 7.04. The third kappa shape index (κ3) is 3.70. The van der Waals surface area contributed by atoms with Crippen LogP contribution in [0.25, 0.3) is 0 Å². The molecule has 2 N–H and O–H groups in total. The predicted molar refractivity (Wildman–Crippen MR) is 86.1 cm³/mol. The van der Waals surface area contributed by atoms with Crippen molar-refractivity contribution < 1.29 is 13.6 Å². The predicted octanol–water partition coefficient (Wildman–Crippen LogP) is 3.75. The van der Waals surface area contributed by atoms with Gasteiger partial charge in [-0.05, 0) is 42.5 Å². The fourth-order valence-electron chi connectivity index (χ4n) is 2.01. The number of benzene rings is 2. The first-order valence-corrected chi connectivity index (χ1v) is 7.04. The van der Waals surface area contributed by atoms with Crippen LogP contribution in [0, 0.1) is 11.6 Å². The van der Waals surface area contributed by atoms with Crippen LogP contribution in [0.3, 0.4) is 0 Å². The highest BCUT2D eigenvalue weighted by molar-refractivity contribution is 6.03. The Morgan fingerprint density at radius 2 is 1.62 bits per heavy atom. The summed E-state index contributed by atoms with van der Waals surface area (Å²) in [5.74, 6) is -1.06. The second-order valence-corrected chi connectivity index (χ2v) is 4.87. The molecular weight excluding hydrogens is 314 g/mol. The largest absolute Gasteiger partial charge is 0.339 e. The number of carbonyl (C=O) groups is 1. The zero-order chi connectivity index (χ0) is 16.9. The normalized spacial score (nSPS) is 10.2. The van der Waals surface area contributed by atoms with Gasteiger partial charge in [-0.25, -0.2) is 8.78 Å². The molecule has 0 aliphatic rings. The maximum Gasteiger partial charge on any atom is 0.259 e. The molecule has 1 amide bonds. The van der Waals surface area contributed by atoms with Crippen LogP contribution in [0.1, 0.15) is 10.4 Å². The number of hydrogen-bond acceptors (Lipinski definition) is 4. The quantitative estimate of drug-likeness (QED) is 0.766. The Kier molecular flexibility index (Phi) is 4.42. The minimum Gasteiger partial charge on any atom is -0.339 e. The van der Waals surface area contributed by atoms with E-state index in [1.54, 1.807) is 24.3 Å². The van der Waals surface area contributed by atoms with Crippen LogP contribution in [-0.2, 0) is 0 Å². The van der Waals surface area contributed by atoms with Crippen molar-refractivity contribution in [1.29, 1.82) is 0 Å². The van der Waals surface area contributed by atoms with E-state index in [2.05, 4.69) is 20.8 Å². The van der Waals surface area contributed by atoms with Crippen LogP contribution < -0.4 is 10.6 Å². The Bertz CT molecular complexity index is 868. The van der Waals surface area contributed by atoms with Gasteiger partial charge in [-0.2, -0.15) is 0 Å². The highest BCUT2D eigenvalue weighted by atomic mass is 19.1. The van der Waals surface area contributed by atoms with Gasteiger partial charge < -0.3 is 10.6 Å². The van der Waals surface area contributed by atoms with Crippen molar-refractivity contribution in [2.45, 2.75) is 0 Å². The standard InChI is InChI=1S/C17H12F2N4O/c18-11-4-3-5-12(10-11)20-15-8-9-16(23-22-15)21-17(24)13-6-1-2-7-14(13)19/h1-10H,(H,20,22)(H,21,23,24). The van der Waals surface area contributed by atoms with Crippen LogP contribution in [-0.4, -0.2) is 16.1 Å². The zero-order valence-corrected chi connectivity index (χ0v) is 12.3. The first-order chi connectivity index (χ1) is 11.6. The van der Waals surface area contributed by atoms with Crippen LogP contribution in [0.15, 0.2) is 60.7 Å². The molecule has 2 aromatic carbocycles. The van der Waals surface area contributed by atoms with Crippen molar-refractivity contribution in [3.05, 3.63) is 77.9 Å². The minimum atomic E-state index is -0.618. The van der Waals surface area contributed by atoms with Crippen LogP contribution in [0.2, 0.25) is 0 Å². The summed E-state index contributed by atoms with van der Waals surface area (Å²) in [6, 6.07) is 14.6. The molecule has 0 aliphatic heterocycles. The third-order valence-corrected chi connectivity index (χ3v) is 3.12. The van der Waals surface area contributed by atoms with E-state index in [9.17, 15) is 13.6 Å². The number of rotatable bonds is 4. The fourth-order valence-corrected chi connectivity index (χ4v) is 2.01. The molecule has 120 valence electrons. The summed E-state index contributed by atoms with van der Waals surface area (Å²) >= 11 is 0. The van der Waals surface area contributed by atoms with E-state index < -0.39 is 11.7 Å². The van der Waals surface area contributed by atoms with Gasteiger partial charge in [0.2, 0.25) is 0 Å². The molecule has 0 radical (unpaired) electrons. The van der Waals surface area contributed by atoms with Crippen molar-refractivity contribution in [3.8, 4) is 0 Å². The lowest BCUT2D eigenvalue weighted by molar-refractivity contribution is 0.102. The molecule has 5 nitrogen and oxygen atoms in total. The molecule has 24 heavy (non-hydrogen) atoms. The molecule has 0 unspecified atom stereocenters. The highest BCUT2D eigenvalue weighted by Gasteiger charge is 2.11. The molecule has 3 aromatic rings. The average Bonchev–Trinajstić information content (AvgIpc) is 2.57. The Hall–Kier alpha value is -3.35. The molecule has 0 bridgehead atoms. The maximum absolute atomic E-state index is 13.5. The second-order valence-electron chi connectivity index (χ2n) is 4.87. The van der Waals surface area contributed by atoms with Crippen molar-refractivity contribution in [3.63, 3.8) is 0 Å². The first kappa shape index (κ1) is 15.5. The van der Waals surface area contributed by atoms with Crippen molar-refractivity contribution in [2.24, 2.45) is 0 Å². The Morgan fingerprint density at radius 1 is 0.875 bits per heavy atom. The number of nitrogens with one attached hydrogen (secondary N) is 2. The van der Waals surface area contributed by atoms with Gasteiger partial charge in [0.05, 0.1) is 5.56 Å². The summed E-state index contributed by atoms with van der Waals surface area (Å²) in [5.41, 5.74) is 0.439. The lowest BCUT2D eigenvalue weighted by atomic mass is 10.2. The zero-order valence-electron chi connectivity index (χ0n) is 12.3. The van der Waals surface area contributed by atoms with Crippen LogP contribution in [0.4, 0.5) is 26.1 Å². The van der Waals surface area contributed by atoms with Crippen LogP contribution >= 0.6 is 0 Å². The monoisotopic (exact) mass is 326 g/mol. The lowest BCUT2D eigenvalue weighted by Gasteiger charge is -2.07. The SMILES string of the molecule is O=C(Nc1ccc(Nc2cccc(F)c2)nn1)c1ccccc1F. The molecule has 7 heteroatoms. The van der Waals surface area contributed by atoms with Gasteiger partial charge >= 0.3 is 0 Å². The van der Waals surface area contributed by atoms with Gasteiger partial charge in [0.1, 0.15) is 11.6 Å². The lowest BCUT2D eigenvalue weighted by Crippen LogP contribution is -2.15. The Morgan fingerprint density at radius 3 is 2.33 bits per heavy atom. The van der Waals surface area contributed by atoms with Crippen LogP contribution in [0.5, 0.6) is 0 Å².